The zero-order valence-corrected chi connectivity index (χ0v) is 15.6. The van der Waals surface area contributed by atoms with Gasteiger partial charge in [-0.05, 0) is 19.9 Å². The maximum Gasteiger partial charge on any atom is 0.241 e. The molecule has 2 N–H and O–H groups in total. The van der Waals surface area contributed by atoms with Crippen LogP contribution >= 0.6 is 0 Å². The second-order valence-electron chi connectivity index (χ2n) is 6.00. The first-order valence-corrected chi connectivity index (χ1v) is 9.29. The summed E-state index contributed by atoms with van der Waals surface area (Å²) in [5.41, 5.74) is 9.19. The van der Waals surface area contributed by atoms with E-state index in [0.717, 1.165) is 26.2 Å². The Morgan fingerprint density at radius 2 is 1.08 bits per heavy atom. The van der Waals surface area contributed by atoms with Crippen molar-refractivity contribution in [3.8, 4) is 0 Å². The fourth-order valence-corrected chi connectivity index (χ4v) is 2.84. The van der Waals surface area contributed by atoms with Crippen molar-refractivity contribution in [1.29, 1.82) is 0 Å². The molecule has 0 heterocycles. The summed E-state index contributed by atoms with van der Waals surface area (Å²) in [4.78, 5) is 0. The molecule has 26 heavy (non-hydrogen) atoms. The number of ether oxygens (including phenoxy) is 1. The molecule has 0 fully saturated rings. The van der Waals surface area contributed by atoms with Crippen LogP contribution in [-0.2, 0) is 4.74 Å². The van der Waals surface area contributed by atoms with Gasteiger partial charge in [0.15, 0.2) is 0 Å². The van der Waals surface area contributed by atoms with E-state index in [1.54, 1.807) is 0 Å². The molecule has 3 rings (SSSR count). The van der Waals surface area contributed by atoms with Crippen molar-refractivity contribution in [3.05, 3.63) is 91.0 Å². The third-order valence-electron chi connectivity index (χ3n) is 4.10. The highest BCUT2D eigenvalue weighted by Crippen LogP contribution is 1.95. The Morgan fingerprint density at radius 1 is 0.692 bits per heavy atom. The highest BCUT2D eigenvalue weighted by molar-refractivity contribution is 6.95. The lowest BCUT2D eigenvalue weighted by Gasteiger charge is -2.15. The molecule has 0 saturated carbocycles. The van der Waals surface area contributed by atoms with E-state index in [2.05, 4.69) is 91.0 Å². The van der Waals surface area contributed by atoms with Gasteiger partial charge in [-0.3, -0.25) is 0 Å². The van der Waals surface area contributed by atoms with Gasteiger partial charge in [0.2, 0.25) is 6.71 Å². The lowest BCUT2D eigenvalue weighted by Crippen LogP contribution is -2.51. The molecule has 0 aromatic heterocycles. The third-order valence-corrected chi connectivity index (χ3v) is 4.10. The molecule has 134 valence electrons. The molecule has 3 heteroatoms. The van der Waals surface area contributed by atoms with E-state index >= 15 is 0 Å². The van der Waals surface area contributed by atoms with Crippen LogP contribution in [0.15, 0.2) is 91.0 Å². The van der Waals surface area contributed by atoms with Gasteiger partial charge in [-0.1, -0.05) is 107 Å². The van der Waals surface area contributed by atoms with E-state index in [1.807, 2.05) is 6.92 Å². The minimum Gasteiger partial charge on any atom is -0.382 e. The van der Waals surface area contributed by atoms with Crippen LogP contribution in [-0.4, -0.2) is 26.5 Å². The van der Waals surface area contributed by atoms with E-state index in [1.165, 1.54) is 16.4 Å². The minimum absolute atomic E-state index is 0.309. The summed E-state index contributed by atoms with van der Waals surface area (Å²) < 4.78 is 4.99. The zero-order valence-electron chi connectivity index (χ0n) is 15.6. The second-order valence-corrected chi connectivity index (χ2v) is 6.00. The standard InChI is InChI=1S/C18H15B.C5H13NO/c1-4-10-16(11-5-1)19(17-12-6-2-7-13-17)18-14-8-3-9-15-18;1-2-7-5-3-4-6/h1-15H;2-6H2,1H3. The predicted molar refractivity (Wildman–Crippen MR) is 114 cm³/mol. The van der Waals surface area contributed by atoms with Gasteiger partial charge in [-0.2, -0.15) is 0 Å². The quantitative estimate of drug-likeness (QED) is 0.528. The molecule has 0 aliphatic heterocycles. The van der Waals surface area contributed by atoms with Crippen molar-refractivity contribution in [3.63, 3.8) is 0 Å². The van der Waals surface area contributed by atoms with Crippen LogP contribution in [0, 0.1) is 0 Å². The molecule has 3 aromatic carbocycles. The van der Waals surface area contributed by atoms with Crippen LogP contribution < -0.4 is 22.1 Å². The summed E-state index contributed by atoms with van der Waals surface area (Å²) in [6.45, 7) is 4.65. The lowest BCUT2D eigenvalue weighted by atomic mass is 9.37. The average molecular weight is 345 g/mol. The lowest BCUT2D eigenvalue weighted by molar-refractivity contribution is 0.146. The Balaban J connectivity index is 0.000000298. The second kappa shape index (κ2) is 12.1. The molecule has 0 aliphatic carbocycles. The van der Waals surface area contributed by atoms with Gasteiger partial charge in [0.25, 0.3) is 0 Å². The van der Waals surface area contributed by atoms with Crippen LogP contribution in [0.1, 0.15) is 13.3 Å². The summed E-state index contributed by atoms with van der Waals surface area (Å²) in [5, 5.41) is 0. The zero-order chi connectivity index (χ0) is 18.5. The Labute approximate surface area is 158 Å². The van der Waals surface area contributed by atoms with E-state index < -0.39 is 0 Å². The van der Waals surface area contributed by atoms with E-state index in [9.17, 15) is 0 Å². The molecule has 0 aliphatic rings. The summed E-state index contributed by atoms with van der Waals surface area (Å²) in [6.07, 6.45) is 0.980. The molecule has 0 saturated heterocycles. The Morgan fingerprint density at radius 3 is 1.38 bits per heavy atom. The highest BCUT2D eigenvalue weighted by atomic mass is 16.5. The monoisotopic (exact) mass is 345 g/mol. The molecule has 0 atom stereocenters. The van der Waals surface area contributed by atoms with Crippen molar-refractivity contribution in [1.82, 2.24) is 0 Å². The van der Waals surface area contributed by atoms with Gasteiger partial charge in [-0.25, -0.2) is 0 Å². The summed E-state index contributed by atoms with van der Waals surface area (Å²) >= 11 is 0. The Bertz CT molecular complexity index is 606. The summed E-state index contributed by atoms with van der Waals surface area (Å²) in [5.74, 6) is 0. The van der Waals surface area contributed by atoms with E-state index in [-0.39, 0.29) is 0 Å². The number of hydrogen-bond donors (Lipinski definition) is 1. The number of hydrogen-bond acceptors (Lipinski definition) is 2. The molecule has 0 bridgehead atoms. The Hall–Kier alpha value is -2.36. The number of benzene rings is 3. The van der Waals surface area contributed by atoms with Crippen LogP contribution in [0.5, 0.6) is 0 Å². The SMILES string of the molecule is CCOCCCN.c1ccc(B(c2ccccc2)c2ccccc2)cc1. The minimum atomic E-state index is 0.309. The van der Waals surface area contributed by atoms with Crippen molar-refractivity contribution in [2.45, 2.75) is 13.3 Å². The molecule has 2 nitrogen and oxygen atoms in total. The van der Waals surface area contributed by atoms with Gasteiger partial charge in [0.05, 0.1) is 0 Å². The van der Waals surface area contributed by atoms with Gasteiger partial charge in [0.1, 0.15) is 0 Å². The van der Waals surface area contributed by atoms with E-state index in [0.29, 0.717) is 6.71 Å². The summed E-state index contributed by atoms with van der Waals surface area (Å²) in [6, 6.07) is 32.0. The van der Waals surface area contributed by atoms with Crippen molar-refractivity contribution >= 4 is 23.1 Å². The fourth-order valence-electron chi connectivity index (χ4n) is 2.84. The average Bonchev–Trinajstić information content (AvgIpc) is 2.72. The molecular weight excluding hydrogens is 317 g/mol. The largest absolute Gasteiger partial charge is 0.382 e. The first kappa shape index (κ1) is 20.0. The fraction of sp³-hybridized carbons (Fsp3) is 0.217. The van der Waals surface area contributed by atoms with Crippen molar-refractivity contribution in [2.75, 3.05) is 19.8 Å². The maximum atomic E-state index is 5.19. The van der Waals surface area contributed by atoms with Crippen LogP contribution in [0.3, 0.4) is 0 Å². The van der Waals surface area contributed by atoms with Gasteiger partial charge >= 0.3 is 0 Å². The molecule has 0 amide bonds. The Kier molecular flexibility index (Phi) is 9.27. The first-order valence-electron chi connectivity index (χ1n) is 9.29. The first-order chi connectivity index (χ1) is 12.9. The van der Waals surface area contributed by atoms with Crippen molar-refractivity contribution in [2.24, 2.45) is 5.73 Å². The van der Waals surface area contributed by atoms with Gasteiger partial charge in [0, 0.05) is 13.2 Å². The smallest absolute Gasteiger partial charge is 0.241 e. The van der Waals surface area contributed by atoms with Crippen LogP contribution in [0.25, 0.3) is 0 Å². The van der Waals surface area contributed by atoms with Crippen LogP contribution in [0.2, 0.25) is 0 Å². The maximum absolute atomic E-state index is 5.19. The molecule has 3 aromatic rings. The summed E-state index contributed by atoms with van der Waals surface area (Å²) in [7, 11) is 0. The van der Waals surface area contributed by atoms with E-state index in [4.69, 9.17) is 10.5 Å². The number of nitrogens with two attached hydrogens (primary N) is 1. The third kappa shape index (κ3) is 6.51. The molecule has 0 radical (unpaired) electrons. The highest BCUT2D eigenvalue weighted by Gasteiger charge is 2.20. The molecule has 0 unspecified atom stereocenters. The van der Waals surface area contributed by atoms with Gasteiger partial charge in [-0.15, -0.1) is 0 Å². The topological polar surface area (TPSA) is 35.2 Å². The van der Waals surface area contributed by atoms with Gasteiger partial charge < -0.3 is 10.5 Å². The molecular formula is C23H28BNO. The number of rotatable bonds is 7. The van der Waals surface area contributed by atoms with Crippen molar-refractivity contribution < 1.29 is 4.74 Å². The molecule has 0 spiro atoms. The van der Waals surface area contributed by atoms with Crippen LogP contribution in [0.4, 0.5) is 0 Å². The predicted octanol–water partition coefficient (Wildman–Crippen LogP) is 2.57. The normalized spacial score (nSPS) is 9.92.